The van der Waals surface area contributed by atoms with Gasteiger partial charge in [-0.25, -0.2) is 0 Å². The van der Waals surface area contributed by atoms with Gasteiger partial charge in [0, 0.05) is 19.4 Å². The lowest BCUT2D eigenvalue weighted by Gasteiger charge is -2.34. The van der Waals surface area contributed by atoms with Gasteiger partial charge in [-0.05, 0) is 17.7 Å². The van der Waals surface area contributed by atoms with Gasteiger partial charge in [0.05, 0.1) is 6.10 Å². The predicted molar refractivity (Wildman–Crippen MR) is 69.9 cm³/mol. The first-order chi connectivity index (χ1) is 9.54. The fourth-order valence-corrected chi connectivity index (χ4v) is 2.84. The molecular formula is C14H16N2O4. The van der Waals surface area contributed by atoms with Gasteiger partial charge in [-0.3, -0.25) is 9.59 Å². The van der Waals surface area contributed by atoms with Crippen molar-refractivity contribution in [1.29, 1.82) is 0 Å². The molecular weight excluding hydrogens is 260 g/mol. The third kappa shape index (κ3) is 2.22. The van der Waals surface area contributed by atoms with Crippen LogP contribution in [0.3, 0.4) is 0 Å². The Bertz CT molecular complexity index is 543. The summed E-state index contributed by atoms with van der Waals surface area (Å²) in [4.78, 5) is 25.8. The van der Waals surface area contributed by atoms with Crippen LogP contribution in [0.2, 0.25) is 0 Å². The molecule has 0 aliphatic carbocycles. The summed E-state index contributed by atoms with van der Waals surface area (Å²) in [5.41, 5.74) is 0.861. The molecule has 0 unspecified atom stereocenters. The fourth-order valence-electron chi connectivity index (χ4n) is 2.84. The number of nitrogens with one attached hydrogen (secondary N) is 1. The molecule has 3 N–H and O–H groups in total. The van der Waals surface area contributed by atoms with Gasteiger partial charge in [-0.1, -0.05) is 12.1 Å². The van der Waals surface area contributed by atoms with Crippen molar-refractivity contribution in [3.8, 4) is 5.75 Å². The minimum atomic E-state index is -0.623. The van der Waals surface area contributed by atoms with E-state index in [4.69, 9.17) is 0 Å². The van der Waals surface area contributed by atoms with E-state index in [1.165, 1.54) is 4.90 Å². The maximum atomic E-state index is 12.3. The number of amides is 2. The van der Waals surface area contributed by atoms with Gasteiger partial charge >= 0.3 is 0 Å². The van der Waals surface area contributed by atoms with E-state index in [0.717, 1.165) is 5.56 Å². The summed E-state index contributed by atoms with van der Waals surface area (Å²) < 4.78 is 0. The third-order valence-corrected chi connectivity index (χ3v) is 3.86. The molecule has 2 aliphatic rings. The van der Waals surface area contributed by atoms with Crippen LogP contribution in [0.25, 0.3) is 0 Å². The molecule has 3 rings (SSSR count). The third-order valence-electron chi connectivity index (χ3n) is 3.86. The lowest BCUT2D eigenvalue weighted by molar-refractivity contribution is -0.147. The van der Waals surface area contributed by atoms with E-state index in [1.54, 1.807) is 24.3 Å². The number of hydrogen-bond acceptors (Lipinski definition) is 4. The molecule has 6 heteroatoms. The molecule has 2 fully saturated rings. The normalized spacial score (nSPS) is 29.2. The van der Waals surface area contributed by atoms with Gasteiger partial charge in [0.1, 0.15) is 17.8 Å². The highest BCUT2D eigenvalue weighted by Crippen LogP contribution is 2.24. The molecule has 6 nitrogen and oxygen atoms in total. The lowest BCUT2D eigenvalue weighted by Crippen LogP contribution is -2.61. The minimum absolute atomic E-state index is 0.153. The van der Waals surface area contributed by atoms with Crippen molar-refractivity contribution in [2.24, 2.45) is 0 Å². The van der Waals surface area contributed by atoms with Gasteiger partial charge < -0.3 is 20.4 Å². The van der Waals surface area contributed by atoms with Crippen LogP contribution in [0.15, 0.2) is 24.3 Å². The number of aliphatic hydroxyl groups excluding tert-OH is 1. The first-order valence-corrected chi connectivity index (χ1v) is 6.61. The molecule has 1 aromatic rings. The number of piperazine rings is 1. The van der Waals surface area contributed by atoms with Crippen molar-refractivity contribution < 1.29 is 19.8 Å². The second-order valence-electron chi connectivity index (χ2n) is 5.33. The average molecular weight is 276 g/mol. The summed E-state index contributed by atoms with van der Waals surface area (Å²) in [5, 5.41) is 21.6. The minimum Gasteiger partial charge on any atom is -0.508 e. The van der Waals surface area contributed by atoms with E-state index in [9.17, 15) is 19.8 Å². The molecule has 2 saturated heterocycles. The van der Waals surface area contributed by atoms with Gasteiger partial charge in [0.25, 0.3) is 0 Å². The van der Waals surface area contributed by atoms with Gasteiger partial charge in [0.2, 0.25) is 11.8 Å². The molecule has 3 atom stereocenters. The Kier molecular flexibility index (Phi) is 3.10. The second-order valence-corrected chi connectivity index (χ2v) is 5.33. The van der Waals surface area contributed by atoms with Gasteiger partial charge in [0.15, 0.2) is 0 Å². The first-order valence-electron chi connectivity index (χ1n) is 6.61. The Balaban J connectivity index is 1.76. The van der Waals surface area contributed by atoms with E-state index < -0.39 is 18.2 Å². The van der Waals surface area contributed by atoms with Crippen molar-refractivity contribution in [1.82, 2.24) is 10.2 Å². The number of carbonyl (C=O) groups excluding carboxylic acids is 2. The predicted octanol–water partition coefficient (Wildman–Crippen LogP) is -0.605. The highest BCUT2D eigenvalue weighted by molar-refractivity contribution is 5.97. The van der Waals surface area contributed by atoms with Crippen LogP contribution in [0.4, 0.5) is 0 Å². The number of phenolic OH excluding ortho intramolecular Hbond substituents is 1. The molecule has 2 aliphatic heterocycles. The van der Waals surface area contributed by atoms with Crippen LogP contribution in [0.5, 0.6) is 5.75 Å². The Labute approximate surface area is 116 Å². The molecule has 1 aromatic carbocycles. The molecule has 2 amide bonds. The number of hydrogen-bond donors (Lipinski definition) is 3. The van der Waals surface area contributed by atoms with Crippen molar-refractivity contribution in [3.63, 3.8) is 0 Å². The zero-order valence-electron chi connectivity index (χ0n) is 10.8. The van der Waals surface area contributed by atoms with E-state index in [1.807, 2.05) is 0 Å². The number of carbonyl (C=O) groups is 2. The van der Waals surface area contributed by atoms with E-state index in [0.29, 0.717) is 12.8 Å². The molecule has 0 spiro atoms. The first kappa shape index (κ1) is 12.9. The summed E-state index contributed by atoms with van der Waals surface area (Å²) in [5.74, 6) is -0.195. The Hall–Kier alpha value is -2.08. The van der Waals surface area contributed by atoms with E-state index in [2.05, 4.69) is 5.32 Å². The van der Waals surface area contributed by atoms with Crippen LogP contribution < -0.4 is 5.32 Å². The second kappa shape index (κ2) is 4.79. The largest absolute Gasteiger partial charge is 0.508 e. The standard InChI is InChI=1S/C14H16N2O4/c17-9-3-1-8(2-4-9)5-11-14(20)16-7-10(18)6-12(16)13(19)15-11/h1-4,10-12,17-18H,5-7H2,(H,15,19)/t10-,11+,12-/m1/s1. The summed E-state index contributed by atoms with van der Waals surface area (Å²) in [6.07, 6.45) is 0.0651. The maximum absolute atomic E-state index is 12.3. The quantitative estimate of drug-likeness (QED) is 0.672. The molecule has 0 bridgehead atoms. The Morgan fingerprint density at radius 3 is 2.65 bits per heavy atom. The van der Waals surface area contributed by atoms with Crippen molar-refractivity contribution in [2.45, 2.75) is 31.0 Å². The average Bonchev–Trinajstić information content (AvgIpc) is 2.81. The SMILES string of the molecule is O=C1N[C@@H](Cc2ccc(O)cc2)C(=O)N2C[C@H](O)C[C@H]12. The number of phenols is 1. The lowest BCUT2D eigenvalue weighted by atomic mass is 10.0. The highest BCUT2D eigenvalue weighted by atomic mass is 16.3. The van der Waals surface area contributed by atoms with Crippen LogP contribution in [0, 0.1) is 0 Å². The topological polar surface area (TPSA) is 89.9 Å². The summed E-state index contributed by atoms with van der Waals surface area (Å²) in [6, 6.07) is 5.40. The molecule has 0 aromatic heterocycles. The smallest absolute Gasteiger partial charge is 0.246 e. The number of benzene rings is 1. The summed E-state index contributed by atoms with van der Waals surface area (Å²) in [7, 11) is 0. The number of fused-ring (bicyclic) bond motifs is 1. The van der Waals surface area contributed by atoms with Crippen LogP contribution in [-0.2, 0) is 16.0 Å². The highest BCUT2D eigenvalue weighted by Gasteiger charge is 2.45. The monoisotopic (exact) mass is 276 g/mol. The Morgan fingerprint density at radius 2 is 1.95 bits per heavy atom. The van der Waals surface area contributed by atoms with E-state index >= 15 is 0 Å². The molecule has 20 heavy (non-hydrogen) atoms. The maximum Gasteiger partial charge on any atom is 0.246 e. The van der Waals surface area contributed by atoms with Crippen LogP contribution in [-0.4, -0.2) is 51.7 Å². The fraction of sp³-hybridized carbons (Fsp3) is 0.429. The number of aliphatic hydroxyl groups is 1. The molecule has 0 radical (unpaired) electrons. The van der Waals surface area contributed by atoms with Crippen molar-refractivity contribution >= 4 is 11.8 Å². The van der Waals surface area contributed by atoms with Crippen molar-refractivity contribution in [3.05, 3.63) is 29.8 Å². The molecule has 0 saturated carbocycles. The van der Waals surface area contributed by atoms with Crippen LogP contribution in [0.1, 0.15) is 12.0 Å². The van der Waals surface area contributed by atoms with Gasteiger partial charge in [-0.2, -0.15) is 0 Å². The molecule has 2 heterocycles. The van der Waals surface area contributed by atoms with Gasteiger partial charge in [-0.15, -0.1) is 0 Å². The van der Waals surface area contributed by atoms with Crippen LogP contribution >= 0.6 is 0 Å². The summed E-state index contributed by atoms with van der Waals surface area (Å²) >= 11 is 0. The molecule has 106 valence electrons. The number of rotatable bonds is 2. The number of nitrogens with zero attached hydrogens (tertiary/aromatic N) is 1. The number of aromatic hydroxyl groups is 1. The summed E-state index contributed by atoms with van der Waals surface area (Å²) in [6.45, 7) is 0.225. The zero-order chi connectivity index (χ0) is 14.3. The Morgan fingerprint density at radius 1 is 1.25 bits per heavy atom. The zero-order valence-corrected chi connectivity index (χ0v) is 10.8. The van der Waals surface area contributed by atoms with E-state index in [-0.39, 0.29) is 24.1 Å². The van der Waals surface area contributed by atoms with Crippen molar-refractivity contribution in [2.75, 3.05) is 6.54 Å².